The van der Waals surface area contributed by atoms with Crippen LogP contribution in [0, 0.1) is 11.8 Å². The van der Waals surface area contributed by atoms with Crippen LogP contribution >= 0.6 is 0 Å². The third kappa shape index (κ3) is 7.15. The predicted molar refractivity (Wildman–Crippen MR) is 176 cm³/mol. The van der Waals surface area contributed by atoms with Crippen molar-refractivity contribution in [3.63, 3.8) is 0 Å². The number of hydrogen-bond donors (Lipinski definition) is 1. The Morgan fingerprint density at radius 3 is 2.57 bits per heavy atom. The van der Waals surface area contributed by atoms with Crippen LogP contribution in [0.5, 0.6) is 0 Å². The SMILES string of the molecule is [B][C@@H]1[C@@H](C)C(=O)[C@](C)(F)C(=O)O[C@H](CC)[C@@]2(C)OC(=O)N[C@@H]2[C@@H](C)N(C)C[C@H](C)C[C@@]1(C)OC/C=C/c1cnc2ccccc2c1. The number of alkyl carbamates (subject to hydrolysis) is 1. The molecule has 1 N–H and O–H groups in total. The van der Waals surface area contributed by atoms with Crippen LogP contribution in [-0.2, 0) is 23.8 Å². The number of alkyl halides is 1. The predicted octanol–water partition coefficient (Wildman–Crippen LogP) is 5.46. The normalized spacial score (nSPS) is 36.8. The van der Waals surface area contributed by atoms with E-state index < -0.39 is 58.6 Å². The summed E-state index contributed by atoms with van der Waals surface area (Å²) in [4.78, 5) is 46.1. The number of carbonyl (C=O) groups is 3. The summed E-state index contributed by atoms with van der Waals surface area (Å²) in [7, 11) is 8.70. The Morgan fingerprint density at radius 1 is 1.17 bits per heavy atom. The molecule has 9 atom stereocenters. The zero-order chi connectivity index (χ0) is 34.0. The van der Waals surface area contributed by atoms with Crippen LogP contribution in [0.1, 0.15) is 66.9 Å². The quantitative estimate of drug-likeness (QED) is 0.262. The van der Waals surface area contributed by atoms with Gasteiger partial charge < -0.3 is 24.4 Å². The van der Waals surface area contributed by atoms with Crippen LogP contribution in [0.4, 0.5) is 9.18 Å². The molecule has 11 heteroatoms. The number of Topliss-reactive ketones (excluding diaryl/α,β-unsaturated/α-hetero) is 1. The van der Waals surface area contributed by atoms with Gasteiger partial charge in [-0.05, 0) is 77.0 Å². The van der Waals surface area contributed by atoms with E-state index in [2.05, 4.69) is 22.1 Å². The lowest BCUT2D eigenvalue weighted by Crippen LogP contribution is -2.60. The molecule has 2 fully saturated rings. The number of likely N-dealkylation sites (N-methyl/N-ethyl adjacent to an activating group) is 1. The fourth-order valence-corrected chi connectivity index (χ4v) is 7.06. The minimum atomic E-state index is -3.00. The summed E-state index contributed by atoms with van der Waals surface area (Å²) in [6.07, 6.45) is 4.55. The zero-order valence-electron chi connectivity index (χ0n) is 28.2. The van der Waals surface area contributed by atoms with Crippen molar-refractivity contribution in [2.45, 2.75) is 102 Å². The maximum Gasteiger partial charge on any atom is 0.408 e. The number of pyridine rings is 1. The number of amides is 1. The second-order valence-electron chi connectivity index (χ2n) is 13.7. The van der Waals surface area contributed by atoms with E-state index in [0.29, 0.717) is 13.0 Å². The number of nitrogens with one attached hydrogen (secondary N) is 1. The second kappa shape index (κ2) is 13.8. The molecule has 2 aliphatic heterocycles. The van der Waals surface area contributed by atoms with E-state index in [1.54, 1.807) is 20.0 Å². The molecule has 46 heavy (non-hydrogen) atoms. The summed E-state index contributed by atoms with van der Waals surface area (Å²) in [5, 5.41) is 3.89. The number of ketones is 1. The van der Waals surface area contributed by atoms with Crippen molar-refractivity contribution in [1.82, 2.24) is 15.2 Å². The number of esters is 1. The summed E-state index contributed by atoms with van der Waals surface area (Å²) < 4.78 is 34.0. The lowest BCUT2D eigenvalue weighted by Gasteiger charge is -2.42. The Morgan fingerprint density at radius 2 is 1.87 bits per heavy atom. The van der Waals surface area contributed by atoms with Gasteiger partial charge in [0.15, 0.2) is 11.4 Å². The lowest BCUT2D eigenvalue weighted by molar-refractivity contribution is -0.179. The number of cyclic esters (lactones) is 1. The van der Waals surface area contributed by atoms with E-state index >= 15 is 4.39 Å². The molecule has 1 amide bonds. The number of benzene rings is 1. The molecule has 1 aromatic heterocycles. The van der Waals surface area contributed by atoms with Gasteiger partial charge >= 0.3 is 12.1 Å². The van der Waals surface area contributed by atoms with Gasteiger partial charge in [0.2, 0.25) is 0 Å². The fraction of sp³-hybridized carbons (Fsp3) is 0.600. The third-order valence-corrected chi connectivity index (χ3v) is 9.93. The van der Waals surface area contributed by atoms with Gasteiger partial charge in [0.25, 0.3) is 5.67 Å². The van der Waals surface area contributed by atoms with Gasteiger partial charge in [-0.1, -0.05) is 51.1 Å². The van der Waals surface area contributed by atoms with Crippen LogP contribution in [-0.4, -0.2) is 90.8 Å². The number of hydrogen-bond acceptors (Lipinski definition) is 8. The van der Waals surface area contributed by atoms with Crippen molar-refractivity contribution in [3.8, 4) is 0 Å². The van der Waals surface area contributed by atoms with Gasteiger partial charge in [-0.2, -0.15) is 0 Å². The Kier molecular flexibility index (Phi) is 10.7. The number of carbonyl (C=O) groups excluding carboxylic acids is 3. The first kappa shape index (κ1) is 35.5. The number of halogens is 1. The molecule has 0 saturated carbocycles. The lowest BCUT2D eigenvalue weighted by atomic mass is 9.62. The average molecular weight is 636 g/mol. The molecule has 2 aromatic rings. The topological polar surface area (TPSA) is 107 Å². The van der Waals surface area contributed by atoms with Gasteiger partial charge in [0.1, 0.15) is 6.10 Å². The van der Waals surface area contributed by atoms with Crippen molar-refractivity contribution < 1.29 is 33.0 Å². The molecule has 3 heterocycles. The molecular formula is C35H47BFN3O6. The first-order chi connectivity index (χ1) is 21.5. The summed E-state index contributed by atoms with van der Waals surface area (Å²) in [5.41, 5.74) is -3.57. The fourth-order valence-electron chi connectivity index (χ4n) is 7.06. The van der Waals surface area contributed by atoms with Gasteiger partial charge in [-0.3, -0.25) is 9.78 Å². The first-order valence-electron chi connectivity index (χ1n) is 16.1. The average Bonchev–Trinajstić information content (AvgIpc) is 3.33. The molecule has 0 aliphatic carbocycles. The molecule has 248 valence electrons. The van der Waals surface area contributed by atoms with Crippen molar-refractivity contribution in [2.75, 3.05) is 20.2 Å². The third-order valence-electron chi connectivity index (χ3n) is 9.93. The number of aromatic nitrogens is 1. The maximum atomic E-state index is 16.2. The van der Waals surface area contributed by atoms with Gasteiger partial charge in [-0.25, -0.2) is 14.0 Å². The highest BCUT2D eigenvalue weighted by molar-refractivity contribution is 6.17. The molecule has 0 spiro atoms. The maximum absolute atomic E-state index is 16.2. The van der Waals surface area contributed by atoms with Crippen molar-refractivity contribution in [3.05, 3.63) is 48.2 Å². The monoisotopic (exact) mass is 635 g/mol. The van der Waals surface area contributed by atoms with E-state index in [4.69, 9.17) is 22.1 Å². The van der Waals surface area contributed by atoms with Crippen LogP contribution in [0.25, 0.3) is 17.0 Å². The minimum Gasteiger partial charge on any atom is -0.455 e. The minimum absolute atomic E-state index is 0.00508. The number of rotatable bonds is 5. The number of fused-ring (bicyclic) bond motifs is 2. The zero-order valence-corrected chi connectivity index (χ0v) is 28.2. The van der Waals surface area contributed by atoms with Gasteiger partial charge in [-0.15, -0.1) is 0 Å². The highest BCUT2D eigenvalue weighted by Crippen LogP contribution is 2.41. The summed E-state index contributed by atoms with van der Waals surface area (Å²) in [5.74, 6) is -4.38. The molecule has 0 unspecified atom stereocenters. The van der Waals surface area contributed by atoms with Gasteiger partial charge in [0, 0.05) is 30.1 Å². The Hall–Kier alpha value is -3.31. The largest absolute Gasteiger partial charge is 0.455 e. The molecule has 2 aliphatic rings. The standard InChI is InChI=1S/C35H47BFN3O6/c1-9-27-35(7)29(39-32(43)46-35)23(4)40(8)20-21(2)18-33(5,28(36)22(3)30(41)34(6,37)31(42)45-27)44-16-12-13-24-17-25-14-10-11-15-26(25)38-19-24/h10-15,17,19,21-23,27-29H,9,16,18,20H2,1-8H3,(H,39,43)/b13-12+/t21-,22-,23-,27-,28-,29-,33-,34+,35-/m1/s1. The second-order valence-corrected chi connectivity index (χ2v) is 13.7. The van der Waals surface area contributed by atoms with Crippen molar-refractivity contribution in [2.24, 2.45) is 11.8 Å². The molecule has 0 bridgehead atoms. The summed E-state index contributed by atoms with van der Waals surface area (Å²) >= 11 is 0. The summed E-state index contributed by atoms with van der Waals surface area (Å²) in [6.45, 7) is 12.5. The van der Waals surface area contributed by atoms with Crippen LogP contribution in [0.15, 0.2) is 42.6 Å². The van der Waals surface area contributed by atoms with E-state index in [1.165, 1.54) is 6.92 Å². The van der Waals surface area contributed by atoms with E-state index in [1.807, 2.05) is 63.4 Å². The Labute approximate surface area is 273 Å². The highest BCUT2D eigenvalue weighted by atomic mass is 19.1. The molecule has 2 saturated heterocycles. The highest BCUT2D eigenvalue weighted by Gasteiger charge is 2.57. The molecule has 4 rings (SSSR count). The van der Waals surface area contributed by atoms with E-state index in [9.17, 15) is 14.4 Å². The summed E-state index contributed by atoms with van der Waals surface area (Å²) in [6, 6.07) is 9.04. The van der Waals surface area contributed by atoms with Crippen LogP contribution < -0.4 is 5.32 Å². The van der Waals surface area contributed by atoms with Crippen LogP contribution in [0.3, 0.4) is 0 Å². The molecule has 9 nitrogen and oxygen atoms in total. The molecule has 2 radical (unpaired) electrons. The smallest absolute Gasteiger partial charge is 0.408 e. The molecule has 1 aromatic carbocycles. The van der Waals surface area contributed by atoms with Gasteiger partial charge in [0.05, 0.1) is 31.6 Å². The van der Waals surface area contributed by atoms with Crippen molar-refractivity contribution >= 4 is 42.7 Å². The molecular weight excluding hydrogens is 588 g/mol. The van der Waals surface area contributed by atoms with E-state index in [-0.39, 0.29) is 25.0 Å². The van der Waals surface area contributed by atoms with E-state index in [0.717, 1.165) is 23.4 Å². The first-order valence-corrected chi connectivity index (χ1v) is 16.1. The number of nitrogens with zero attached hydrogens (tertiary/aromatic N) is 2. The Balaban J connectivity index is 1.64. The Bertz CT molecular complexity index is 1470. The van der Waals surface area contributed by atoms with Crippen LogP contribution in [0.2, 0.25) is 5.82 Å². The van der Waals surface area contributed by atoms with Crippen molar-refractivity contribution in [1.29, 1.82) is 0 Å². The number of para-hydroxylation sites is 1. The number of ether oxygens (including phenoxy) is 3.